The normalized spacial score (nSPS) is 12.9. The van der Waals surface area contributed by atoms with Crippen molar-refractivity contribution in [2.45, 2.75) is 26.2 Å². The van der Waals surface area contributed by atoms with Gasteiger partial charge in [0.15, 0.2) is 0 Å². The summed E-state index contributed by atoms with van der Waals surface area (Å²) in [7, 11) is 0. The number of aliphatic hydroxyl groups excluding tert-OH is 1. The van der Waals surface area contributed by atoms with Gasteiger partial charge in [-0.1, -0.05) is 44.2 Å². The van der Waals surface area contributed by atoms with Crippen molar-refractivity contribution in [2.24, 2.45) is 5.41 Å². The Morgan fingerprint density at radius 1 is 1.13 bits per heavy atom. The highest BCUT2D eigenvalue weighted by atomic mass is 19.3. The number of benzene rings is 1. The largest absolute Gasteiger partial charge is 0.396 e. The Hall–Kier alpha value is -0.960. The Kier molecular flexibility index (Phi) is 3.45. The lowest BCUT2D eigenvalue weighted by atomic mass is 9.85. The summed E-state index contributed by atoms with van der Waals surface area (Å²) in [6.45, 7) is 3.02. The fourth-order valence-corrected chi connectivity index (χ4v) is 1.44. The molecule has 1 aromatic rings. The fraction of sp³-hybridized carbons (Fsp3) is 0.500. The van der Waals surface area contributed by atoms with Gasteiger partial charge >= 0.3 is 0 Å². The molecule has 1 rings (SSSR count). The average Bonchev–Trinajstić information content (AvgIpc) is 2.18. The second-order valence-electron chi connectivity index (χ2n) is 4.57. The van der Waals surface area contributed by atoms with Crippen molar-refractivity contribution in [1.82, 2.24) is 0 Å². The summed E-state index contributed by atoms with van der Waals surface area (Å²) in [5, 5.41) is 8.97. The minimum atomic E-state index is -2.88. The van der Waals surface area contributed by atoms with E-state index in [1.54, 1.807) is 32.0 Å². The lowest BCUT2D eigenvalue weighted by Crippen LogP contribution is -2.27. The molecule has 3 heteroatoms. The van der Waals surface area contributed by atoms with E-state index in [0.717, 1.165) is 0 Å². The Morgan fingerprint density at radius 3 is 2.13 bits per heavy atom. The molecule has 84 valence electrons. The number of aliphatic hydroxyl groups is 1. The Balaban J connectivity index is 2.85. The van der Waals surface area contributed by atoms with Crippen LogP contribution in [0.25, 0.3) is 0 Å². The van der Waals surface area contributed by atoms with Gasteiger partial charge in [0.25, 0.3) is 5.92 Å². The molecular formula is C12H16F2O. The predicted octanol–water partition coefficient (Wildman–Crippen LogP) is 3.19. The van der Waals surface area contributed by atoms with Crippen molar-refractivity contribution < 1.29 is 13.9 Å². The molecule has 0 unspecified atom stereocenters. The summed E-state index contributed by atoms with van der Waals surface area (Å²) >= 11 is 0. The zero-order valence-electron chi connectivity index (χ0n) is 9.00. The first-order valence-corrected chi connectivity index (χ1v) is 4.92. The molecule has 0 aliphatic heterocycles. The van der Waals surface area contributed by atoms with Crippen LogP contribution in [0.15, 0.2) is 30.3 Å². The van der Waals surface area contributed by atoms with Crippen molar-refractivity contribution in [3.63, 3.8) is 0 Å². The van der Waals surface area contributed by atoms with E-state index in [2.05, 4.69) is 0 Å². The maximum atomic E-state index is 13.7. The first-order valence-electron chi connectivity index (χ1n) is 4.92. The minimum Gasteiger partial charge on any atom is -0.396 e. The van der Waals surface area contributed by atoms with Gasteiger partial charge < -0.3 is 5.11 Å². The third kappa shape index (κ3) is 3.27. The van der Waals surface area contributed by atoms with Crippen LogP contribution >= 0.6 is 0 Å². The van der Waals surface area contributed by atoms with Gasteiger partial charge in [0.1, 0.15) is 0 Å². The number of hydrogen-bond acceptors (Lipinski definition) is 1. The van der Waals surface area contributed by atoms with Crippen molar-refractivity contribution in [3.05, 3.63) is 35.9 Å². The van der Waals surface area contributed by atoms with Gasteiger partial charge in [-0.3, -0.25) is 0 Å². The van der Waals surface area contributed by atoms with E-state index < -0.39 is 11.3 Å². The van der Waals surface area contributed by atoms with Crippen LogP contribution in [0, 0.1) is 5.41 Å². The van der Waals surface area contributed by atoms with E-state index >= 15 is 0 Å². The molecule has 0 saturated carbocycles. The molecule has 0 aromatic heterocycles. The van der Waals surface area contributed by atoms with Crippen LogP contribution in [0.1, 0.15) is 25.8 Å². The molecular weight excluding hydrogens is 198 g/mol. The molecule has 0 aliphatic carbocycles. The topological polar surface area (TPSA) is 20.2 Å². The number of hydrogen-bond donors (Lipinski definition) is 1. The summed E-state index contributed by atoms with van der Waals surface area (Å²) in [5.41, 5.74) is -0.759. The van der Waals surface area contributed by atoms with Gasteiger partial charge in [0.05, 0.1) is 0 Å². The van der Waals surface area contributed by atoms with Crippen LogP contribution in [0.3, 0.4) is 0 Å². The SMILES string of the molecule is CC(C)(CO)CC(F)(F)c1ccccc1. The van der Waals surface area contributed by atoms with E-state index in [0.29, 0.717) is 0 Å². The highest BCUT2D eigenvalue weighted by Crippen LogP contribution is 2.39. The van der Waals surface area contributed by atoms with Gasteiger partial charge in [-0.05, 0) is 5.41 Å². The number of alkyl halides is 2. The van der Waals surface area contributed by atoms with Crippen LogP contribution in [0.4, 0.5) is 8.78 Å². The standard InChI is InChI=1S/C12H16F2O/c1-11(2,9-15)8-12(13,14)10-6-4-3-5-7-10/h3-7,15H,8-9H2,1-2H3. The molecule has 0 aliphatic rings. The van der Waals surface area contributed by atoms with Crippen molar-refractivity contribution in [1.29, 1.82) is 0 Å². The molecule has 0 fully saturated rings. The van der Waals surface area contributed by atoms with Crippen LogP contribution in [0.2, 0.25) is 0 Å². The van der Waals surface area contributed by atoms with E-state index in [1.165, 1.54) is 12.1 Å². The zero-order valence-corrected chi connectivity index (χ0v) is 9.00. The molecule has 1 nitrogen and oxygen atoms in total. The van der Waals surface area contributed by atoms with Gasteiger partial charge in [-0.15, -0.1) is 0 Å². The molecule has 0 spiro atoms. The van der Waals surface area contributed by atoms with Gasteiger partial charge in [0, 0.05) is 18.6 Å². The highest BCUT2D eigenvalue weighted by molar-refractivity contribution is 5.20. The van der Waals surface area contributed by atoms with Crippen molar-refractivity contribution >= 4 is 0 Å². The summed E-state index contributed by atoms with van der Waals surface area (Å²) in [6.07, 6.45) is -0.347. The lowest BCUT2D eigenvalue weighted by Gasteiger charge is -2.27. The smallest absolute Gasteiger partial charge is 0.273 e. The zero-order chi connectivity index (χ0) is 11.5. The van der Waals surface area contributed by atoms with Crippen LogP contribution in [0.5, 0.6) is 0 Å². The molecule has 0 bridgehead atoms. The van der Waals surface area contributed by atoms with Crippen molar-refractivity contribution in [3.8, 4) is 0 Å². The fourth-order valence-electron chi connectivity index (χ4n) is 1.44. The Bertz CT molecular complexity index is 307. The summed E-state index contributed by atoms with van der Waals surface area (Å²) in [6, 6.07) is 7.71. The average molecular weight is 214 g/mol. The second kappa shape index (κ2) is 4.27. The Morgan fingerprint density at radius 2 is 1.67 bits per heavy atom. The van der Waals surface area contributed by atoms with E-state index in [9.17, 15) is 8.78 Å². The first-order chi connectivity index (χ1) is 6.87. The van der Waals surface area contributed by atoms with Crippen molar-refractivity contribution in [2.75, 3.05) is 6.61 Å². The highest BCUT2D eigenvalue weighted by Gasteiger charge is 2.37. The van der Waals surface area contributed by atoms with Gasteiger partial charge in [-0.2, -0.15) is 0 Å². The molecule has 0 saturated heterocycles. The quantitative estimate of drug-likeness (QED) is 0.816. The Labute approximate surface area is 88.7 Å². The molecule has 0 atom stereocenters. The third-order valence-electron chi connectivity index (χ3n) is 2.32. The van der Waals surface area contributed by atoms with Crippen LogP contribution in [-0.2, 0) is 5.92 Å². The monoisotopic (exact) mass is 214 g/mol. The van der Waals surface area contributed by atoms with Gasteiger partial charge in [0.2, 0.25) is 0 Å². The summed E-state index contributed by atoms with van der Waals surface area (Å²) in [5.74, 6) is -2.88. The lowest BCUT2D eigenvalue weighted by molar-refractivity contribution is -0.0566. The molecule has 1 aromatic carbocycles. The van der Waals surface area contributed by atoms with Gasteiger partial charge in [-0.25, -0.2) is 8.78 Å². The van der Waals surface area contributed by atoms with Crippen LogP contribution in [-0.4, -0.2) is 11.7 Å². The maximum absolute atomic E-state index is 13.7. The first kappa shape index (κ1) is 12.1. The summed E-state index contributed by atoms with van der Waals surface area (Å²) < 4.78 is 27.5. The van der Waals surface area contributed by atoms with E-state index in [-0.39, 0.29) is 18.6 Å². The third-order valence-corrected chi connectivity index (χ3v) is 2.32. The molecule has 0 heterocycles. The summed E-state index contributed by atoms with van der Waals surface area (Å²) in [4.78, 5) is 0. The molecule has 0 radical (unpaired) electrons. The van der Waals surface area contributed by atoms with Crippen LogP contribution < -0.4 is 0 Å². The predicted molar refractivity (Wildman–Crippen MR) is 55.8 cm³/mol. The maximum Gasteiger partial charge on any atom is 0.273 e. The number of halogens is 2. The van der Waals surface area contributed by atoms with E-state index in [1.807, 2.05) is 0 Å². The molecule has 15 heavy (non-hydrogen) atoms. The van der Waals surface area contributed by atoms with E-state index in [4.69, 9.17) is 5.11 Å². The second-order valence-corrected chi connectivity index (χ2v) is 4.57. The molecule has 1 N–H and O–H groups in total. The molecule has 0 amide bonds. The number of rotatable bonds is 4. The minimum absolute atomic E-state index is 0.00604.